The van der Waals surface area contributed by atoms with E-state index in [1.54, 1.807) is 0 Å². The van der Waals surface area contributed by atoms with Crippen molar-refractivity contribution in [3.8, 4) is 0 Å². The molecule has 1 N–H and O–H groups in total. The molecule has 0 saturated carbocycles. The minimum absolute atomic E-state index is 0.346. The Morgan fingerprint density at radius 1 is 1.18 bits per heavy atom. The number of halogens is 1. The Bertz CT molecular complexity index is 471. The van der Waals surface area contributed by atoms with Gasteiger partial charge in [0.05, 0.1) is 0 Å². The Kier molecular flexibility index (Phi) is 4.29. The Balaban J connectivity index is 2.39. The van der Waals surface area contributed by atoms with Gasteiger partial charge in [0.25, 0.3) is 0 Å². The summed E-state index contributed by atoms with van der Waals surface area (Å²) in [5, 5.41) is 3.25. The van der Waals surface area contributed by atoms with Crippen LogP contribution < -0.4 is 5.32 Å². The van der Waals surface area contributed by atoms with E-state index in [9.17, 15) is 0 Å². The van der Waals surface area contributed by atoms with Gasteiger partial charge in [-0.2, -0.15) is 0 Å². The zero-order valence-corrected chi connectivity index (χ0v) is 11.3. The quantitative estimate of drug-likeness (QED) is 0.935. The molecule has 3 heteroatoms. The van der Waals surface area contributed by atoms with Crippen LogP contribution in [0.5, 0.6) is 0 Å². The van der Waals surface area contributed by atoms with Gasteiger partial charge in [-0.1, -0.05) is 34.1 Å². The monoisotopic (exact) mass is 290 g/mol. The molecule has 0 aliphatic rings. The molecule has 1 heterocycles. The smallest absolute Gasteiger partial charge is 0.0270 e. The second-order valence-electron chi connectivity index (χ2n) is 3.91. The van der Waals surface area contributed by atoms with Crippen molar-refractivity contribution in [1.29, 1.82) is 0 Å². The van der Waals surface area contributed by atoms with Crippen LogP contribution >= 0.6 is 15.9 Å². The van der Waals surface area contributed by atoms with Crippen molar-refractivity contribution in [1.82, 2.24) is 10.3 Å². The first-order valence-corrected chi connectivity index (χ1v) is 6.41. The number of benzene rings is 1. The highest BCUT2D eigenvalue weighted by molar-refractivity contribution is 9.10. The molecule has 0 fully saturated rings. The lowest BCUT2D eigenvalue weighted by Crippen LogP contribution is -2.18. The third-order valence-electron chi connectivity index (χ3n) is 2.80. The van der Waals surface area contributed by atoms with E-state index in [1.807, 2.05) is 25.5 Å². The van der Waals surface area contributed by atoms with Crippen LogP contribution in [0.25, 0.3) is 0 Å². The Morgan fingerprint density at radius 3 is 2.53 bits per heavy atom. The molecule has 17 heavy (non-hydrogen) atoms. The Labute approximate surface area is 110 Å². The van der Waals surface area contributed by atoms with E-state index in [4.69, 9.17) is 0 Å². The van der Waals surface area contributed by atoms with E-state index in [0.29, 0.717) is 5.92 Å². The molecular formula is C14H15BrN2. The van der Waals surface area contributed by atoms with Gasteiger partial charge in [0.1, 0.15) is 0 Å². The van der Waals surface area contributed by atoms with Gasteiger partial charge >= 0.3 is 0 Å². The number of aromatic nitrogens is 1. The highest BCUT2D eigenvalue weighted by Crippen LogP contribution is 2.29. The van der Waals surface area contributed by atoms with Crippen molar-refractivity contribution in [2.75, 3.05) is 13.6 Å². The number of rotatable bonds is 4. The zero-order chi connectivity index (χ0) is 12.1. The van der Waals surface area contributed by atoms with Crippen LogP contribution in [0.1, 0.15) is 17.0 Å². The van der Waals surface area contributed by atoms with E-state index in [2.05, 4.69) is 56.6 Å². The second-order valence-corrected chi connectivity index (χ2v) is 4.77. The van der Waals surface area contributed by atoms with Crippen molar-refractivity contribution in [3.05, 3.63) is 64.4 Å². The summed E-state index contributed by atoms with van der Waals surface area (Å²) in [5.74, 6) is 0.346. The zero-order valence-electron chi connectivity index (χ0n) is 9.73. The number of likely N-dealkylation sites (N-methyl/N-ethyl adjacent to an activating group) is 1. The summed E-state index contributed by atoms with van der Waals surface area (Å²) in [7, 11) is 1.98. The Hall–Kier alpha value is -1.19. The van der Waals surface area contributed by atoms with E-state index >= 15 is 0 Å². The predicted molar refractivity (Wildman–Crippen MR) is 74.1 cm³/mol. The lowest BCUT2D eigenvalue weighted by Gasteiger charge is -2.18. The number of nitrogens with zero attached hydrogens (tertiary/aromatic N) is 1. The molecule has 1 unspecified atom stereocenters. The van der Waals surface area contributed by atoms with E-state index < -0.39 is 0 Å². The van der Waals surface area contributed by atoms with Crippen LogP contribution in [0.2, 0.25) is 0 Å². The third-order valence-corrected chi connectivity index (χ3v) is 3.52. The molecule has 2 aromatic rings. The van der Waals surface area contributed by atoms with E-state index in [1.165, 1.54) is 11.1 Å². The van der Waals surface area contributed by atoms with Crippen LogP contribution in [0.15, 0.2) is 53.3 Å². The average molecular weight is 291 g/mol. The fourth-order valence-electron chi connectivity index (χ4n) is 1.96. The first-order valence-electron chi connectivity index (χ1n) is 5.62. The fraction of sp³-hybridized carbons (Fsp3) is 0.214. The van der Waals surface area contributed by atoms with Crippen LogP contribution in [-0.2, 0) is 0 Å². The SMILES string of the molecule is CNCC(c1ccncc1)c1ccccc1Br. The lowest BCUT2D eigenvalue weighted by molar-refractivity contribution is 0.705. The highest BCUT2D eigenvalue weighted by Gasteiger charge is 2.15. The van der Waals surface area contributed by atoms with Gasteiger partial charge in [0, 0.05) is 29.3 Å². The summed E-state index contributed by atoms with van der Waals surface area (Å²) in [6.45, 7) is 0.909. The minimum Gasteiger partial charge on any atom is -0.319 e. The maximum atomic E-state index is 4.07. The molecule has 0 radical (unpaired) electrons. The summed E-state index contributed by atoms with van der Waals surface area (Å²) < 4.78 is 1.15. The standard InChI is InChI=1S/C14H15BrN2/c1-16-10-13(11-6-8-17-9-7-11)12-4-2-3-5-14(12)15/h2-9,13,16H,10H2,1H3. The number of hydrogen-bond acceptors (Lipinski definition) is 2. The van der Waals surface area contributed by atoms with Gasteiger partial charge in [-0.05, 0) is 36.4 Å². The van der Waals surface area contributed by atoms with Crippen molar-refractivity contribution < 1.29 is 0 Å². The molecule has 1 atom stereocenters. The number of nitrogens with one attached hydrogen (secondary N) is 1. The first kappa shape index (κ1) is 12.3. The van der Waals surface area contributed by atoms with Crippen molar-refractivity contribution >= 4 is 15.9 Å². The van der Waals surface area contributed by atoms with Crippen LogP contribution in [-0.4, -0.2) is 18.6 Å². The molecule has 0 bridgehead atoms. The molecular weight excluding hydrogens is 276 g/mol. The molecule has 2 nitrogen and oxygen atoms in total. The van der Waals surface area contributed by atoms with Crippen LogP contribution in [0.3, 0.4) is 0 Å². The lowest BCUT2D eigenvalue weighted by atomic mass is 9.92. The number of pyridine rings is 1. The topological polar surface area (TPSA) is 24.9 Å². The third kappa shape index (κ3) is 2.93. The normalized spacial score (nSPS) is 12.4. The summed E-state index contributed by atoms with van der Waals surface area (Å²) >= 11 is 3.62. The molecule has 0 aliphatic heterocycles. The average Bonchev–Trinajstić information content (AvgIpc) is 2.38. The second kappa shape index (κ2) is 5.94. The first-order chi connectivity index (χ1) is 8.33. The molecule has 0 aliphatic carbocycles. The molecule has 1 aromatic heterocycles. The van der Waals surface area contributed by atoms with Crippen LogP contribution in [0.4, 0.5) is 0 Å². The summed E-state index contributed by atoms with van der Waals surface area (Å²) in [4.78, 5) is 4.07. The van der Waals surface area contributed by atoms with Crippen molar-refractivity contribution in [3.63, 3.8) is 0 Å². The Morgan fingerprint density at radius 2 is 1.88 bits per heavy atom. The van der Waals surface area contributed by atoms with E-state index in [0.717, 1.165) is 11.0 Å². The molecule has 2 rings (SSSR count). The molecule has 0 amide bonds. The van der Waals surface area contributed by atoms with E-state index in [-0.39, 0.29) is 0 Å². The molecule has 0 saturated heterocycles. The summed E-state index contributed by atoms with van der Waals surface area (Å²) in [5.41, 5.74) is 2.58. The largest absolute Gasteiger partial charge is 0.319 e. The van der Waals surface area contributed by atoms with Crippen LogP contribution in [0, 0.1) is 0 Å². The highest BCUT2D eigenvalue weighted by atomic mass is 79.9. The van der Waals surface area contributed by atoms with Gasteiger partial charge in [-0.15, -0.1) is 0 Å². The minimum atomic E-state index is 0.346. The van der Waals surface area contributed by atoms with Gasteiger partial charge < -0.3 is 5.32 Å². The van der Waals surface area contributed by atoms with Gasteiger partial charge in [-0.25, -0.2) is 0 Å². The number of hydrogen-bond donors (Lipinski definition) is 1. The fourth-order valence-corrected chi connectivity index (χ4v) is 2.53. The molecule has 1 aromatic carbocycles. The molecule has 88 valence electrons. The summed E-state index contributed by atoms with van der Waals surface area (Å²) in [6, 6.07) is 12.5. The van der Waals surface area contributed by atoms with Gasteiger partial charge in [0.2, 0.25) is 0 Å². The maximum Gasteiger partial charge on any atom is 0.0270 e. The molecule has 0 spiro atoms. The van der Waals surface area contributed by atoms with Crippen molar-refractivity contribution in [2.24, 2.45) is 0 Å². The maximum absolute atomic E-state index is 4.07. The summed E-state index contributed by atoms with van der Waals surface area (Å²) in [6.07, 6.45) is 3.68. The van der Waals surface area contributed by atoms with Gasteiger partial charge in [0.15, 0.2) is 0 Å². The van der Waals surface area contributed by atoms with Crippen molar-refractivity contribution in [2.45, 2.75) is 5.92 Å². The van der Waals surface area contributed by atoms with Gasteiger partial charge in [-0.3, -0.25) is 4.98 Å². The predicted octanol–water partition coefficient (Wildman–Crippen LogP) is 3.20.